The number of aliphatic hydroxyl groups is 1. The van der Waals surface area contributed by atoms with Crippen molar-refractivity contribution >= 4 is 10.2 Å². The molecule has 2 unspecified atom stereocenters. The lowest BCUT2D eigenvalue weighted by Gasteiger charge is -2.24. The summed E-state index contributed by atoms with van der Waals surface area (Å²) in [5.74, 6) is 0. The van der Waals surface area contributed by atoms with Crippen LogP contribution in [0.1, 0.15) is 26.2 Å². The van der Waals surface area contributed by atoms with Gasteiger partial charge in [0.25, 0.3) is 10.2 Å². The molecule has 6 nitrogen and oxygen atoms in total. The largest absolute Gasteiger partial charge is 0.396 e. The molecule has 1 fully saturated rings. The summed E-state index contributed by atoms with van der Waals surface area (Å²) >= 11 is 0. The highest BCUT2D eigenvalue weighted by Gasteiger charge is 2.27. The van der Waals surface area contributed by atoms with Gasteiger partial charge in [-0.2, -0.15) is 17.4 Å². The number of hydrogen-bond acceptors (Lipinski definition) is 4. The molecule has 1 aliphatic heterocycles. The lowest BCUT2D eigenvalue weighted by Crippen LogP contribution is -2.47. The molecule has 0 bridgehead atoms. The number of rotatable bonds is 7. The maximum Gasteiger partial charge on any atom is 0.279 e. The van der Waals surface area contributed by atoms with Crippen molar-refractivity contribution < 1.29 is 18.3 Å². The molecule has 17 heavy (non-hydrogen) atoms. The highest BCUT2D eigenvalue weighted by Crippen LogP contribution is 2.16. The average Bonchev–Trinajstić information content (AvgIpc) is 2.78. The third kappa shape index (κ3) is 4.51. The molecular weight excluding hydrogens is 244 g/mol. The minimum atomic E-state index is -3.48. The normalized spacial score (nSPS) is 23.2. The van der Waals surface area contributed by atoms with E-state index < -0.39 is 10.2 Å². The second-order valence-electron chi connectivity index (χ2n) is 4.36. The van der Waals surface area contributed by atoms with Gasteiger partial charge in [-0.05, 0) is 26.2 Å². The Balaban J connectivity index is 2.46. The van der Waals surface area contributed by atoms with Gasteiger partial charge in [-0.3, -0.25) is 0 Å². The first kappa shape index (κ1) is 14.8. The van der Waals surface area contributed by atoms with E-state index in [1.165, 1.54) is 11.4 Å². The second kappa shape index (κ2) is 6.65. The molecule has 0 aliphatic carbocycles. The zero-order chi connectivity index (χ0) is 12.9. The van der Waals surface area contributed by atoms with Crippen molar-refractivity contribution in [2.75, 3.05) is 26.8 Å². The molecule has 0 aromatic heterocycles. The van der Waals surface area contributed by atoms with E-state index in [2.05, 4.69) is 4.72 Å². The lowest BCUT2D eigenvalue weighted by molar-refractivity contribution is 0.0897. The molecule has 2 atom stereocenters. The van der Waals surface area contributed by atoms with Gasteiger partial charge in [-0.15, -0.1) is 0 Å². The number of aliphatic hydroxyl groups excluding tert-OH is 1. The van der Waals surface area contributed by atoms with Crippen LogP contribution in [-0.2, 0) is 14.9 Å². The van der Waals surface area contributed by atoms with Gasteiger partial charge in [-0.25, -0.2) is 0 Å². The molecule has 0 radical (unpaired) electrons. The van der Waals surface area contributed by atoms with Crippen LogP contribution in [0, 0.1) is 0 Å². The summed E-state index contributed by atoms with van der Waals surface area (Å²) in [7, 11) is -1.98. The van der Waals surface area contributed by atoms with Gasteiger partial charge in [0.2, 0.25) is 0 Å². The molecule has 0 spiro atoms. The summed E-state index contributed by atoms with van der Waals surface area (Å²) in [5, 5.41) is 8.67. The quantitative estimate of drug-likeness (QED) is 0.663. The van der Waals surface area contributed by atoms with E-state index in [1.807, 2.05) is 6.92 Å². The minimum Gasteiger partial charge on any atom is -0.396 e. The fourth-order valence-corrected chi connectivity index (χ4v) is 2.98. The molecule has 0 amide bonds. The number of hydrogen-bond donors (Lipinski definition) is 2. The fraction of sp³-hybridized carbons (Fsp3) is 1.00. The van der Waals surface area contributed by atoms with Crippen molar-refractivity contribution in [2.45, 2.75) is 38.3 Å². The lowest BCUT2D eigenvalue weighted by atomic mass is 10.1. The van der Waals surface area contributed by atoms with Gasteiger partial charge in [0.05, 0.1) is 6.10 Å². The summed E-state index contributed by atoms with van der Waals surface area (Å²) < 4.78 is 33.0. The van der Waals surface area contributed by atoms with Crippen molar-refractivity contribution in [3.8, 4) is 0 Å². The Morgan fingerprint density at radius 1 is 1.59 bits per heavy atom. The maximum absolute atomic E-state index is 11.9. The van der Waals surface area contributed by atoms with Crippen LogP contribution in [0.25, 0.3) is 0 Å². The van der Waals surface area contributed by atoms with Crippen LogP contribution >= 0.6 is 0 Å². The van der Waals surface area contributed by atoms with Crippen LogP contribution in [0.15, 0.2) is 0 Å². The Labute approximate surface area is 103 Å². The Morgan fingerprint density at radius 3 is 2.82 bits per heavy atom. The topological polar surface area (TPSA) is 78.9 Å². The van der Waals surface area contributed by atoms with Gasteiger partial charge in [0.15, 0.2) is 0 Å². The molecule has 1 saturated heterocycles. The van der Waals surface area contributed by atoms with Gasteiger partial charge in [0.1, 0.15) is 0 Å². The van der Waals surface area contributed by atoms with Gasteiger partial charge >= 0.3 is 0 Å². The first-order chi connectivity index (χ1) is 7.97. The average molecular weight is 266 g/mol. The van der Waals surface area contributed by atoms with Crippen molar-refractivity contribution in [3.05, 3.63) is 0 Å². The molecule has 0 saturated carbocycles. The van der Waals surface area contributed by atoms with E-state index >= 15 is 0 Å². The summed E-state index contributed by atoms with van der Waals surface area (Å²) in [6, 6.07) is -0.223. The fourth-order valence-electron chi connectivity index (χ4n) is 1.81. The van der Waals surface area contributed by atoms with E-state index in [4.69, 9.17) is 9.84 Å². The van der Waals surface area contributed by atoms with Crippen molar-refractivity contribution in [1.82, 2.24) is 9.03 Å². The van der Waals surface area contributed by atoms with Gasteiger partial charge in [-0.1, -0.05) is 0 Å². The van der Waals surface area contributed by atoms with E-state index in [-0.39, 0.29) is 18.8 Å². The molecule has 1 heterocycles. The van der Waals surface area contributed by atoms with E-state index in [1.54, 1.807) is 0 Å². The molecule has 7 heteroatoms. The zero-order valence-electron chi connectivity index (χ0n) is 10.4. The minimum absolute atomic E-state index is 0.0127. The predicted molar refractivity (Wildman–Crippen MR) is 64.8 cm³/mol. The molecular formula is C10H22N2O4S. The van der Waals surface area contributed by atoms with Crippen LogP contribution in [0.4, 0.5) is 0 Å². The smallest absolute Gasteiger partial charge is 0.279 e. The van der Waals surface area contributed by atoms with E-state index in [9.17, 15) is 8.42 Å². The van der Waals surface area contributed by atoms with Crippen LogP contribution < -0.4 is 4.72 Å². The van der Waals surface area contributed by atoms with E-state index in [0.717, 1.165) is 12.8 Å². The summed E-state index contributed by atoms with van der Waals surface area (Å²) in [5.41, 5.74) is 0. The molecule has 102 valence electrons. The number of ether oxygens (including phenoxy) is 1. The Hall–Kier alpha value is -0.210. The van der Waals surface area contributed by atoms with E-state index in [0.29, 0.717) is 19.6 Å². The molecule has 1 rings (SSSR count). The van der Waals surface area contributed by atoms with Crippen LogP contribution in [0.3, 0.4) is 0 Å². The summed E-state index contributed by atoms with van der Waals surface area (Å²) in [6.07, 6.45) is 2.28. The molecule has 0 aromatic rings. The number of nitrogens with one attached hydrogen (secondary N) is 1. The first-order valence-corrected chi connectivity index (χ1v) is 7.37. The summed E-state index contributed by atoms with van der Waals surface area (Å²) in [4.78, 5) is 0. The Morgan fingerprint density at radius 2 is 2.29 bits per heavy atom. The highest BCUT2D eigenvalue weighted by molar-refractivity contribution is 7.87. The predicted octanol–water partition coefficient (Wildman–Crippen LogP) is -0.297. The third-order valence-corrected chi connectivity index (χ3v) is 4.57. The zero-order valence-corrected chi connectivity index (χ0v) is 11.2. The molecule has 0 aromatic carbocycles. The molecule has 2 N–H and O–H groups in total. The SMILES string of the molecule is CC(NS(=O)(=O)N(C)CCCO)C1CCCO1. The summed E-state index contributed by atoms with van der Waals surface area (Å²) in [6.45, 7) is 2.82. The van der Waals surface area contributed by atoms with Gasteiger partial charge in [0, 0.05) is 32.8 Å². The van der Waals surface area contributed by atoms with Gasteiger partial charge < -0.3 is 9.84 Å². The van der Waals surface area contributed by atoms with Crippen molar-refractivity contribution in [2.24, 2.45) is 0 Å². The standard InChI is InChI=1S/C10H22N2O4S/c1-9(10-5-3-8-16-10)11-17(14,15)12(2)6-4-7-13/h9-11,13H,3-8H2,1-2H3. The van der Waals surface area contributed by atoms with Crippen LogP contribution in [-0.4, -0.2) is 56.8 Å². The second-order valence-corrected chi connectivity index (χ2v) is 6.17. The maximum atomic E-state index is 11.9. The molecule has 1 aliphatic rings. The van der Waals surface area contributed by atoms with Crippen LogP contribution in [0.2, 0.25) is 0 Å². The van der Waals surface area contributed by atoms with Crippen molar-refractivity contribution in [3.63, 3.8) is 0 Å². The number of nitrogens with zero attached hydrogens (tertiary/aromatic N) is 1. The first-order valence-electron chi connectivity index (χ1n) is 5.93. The highest BCUT2D eigenvalue weighted by atomic mass is 32.2. The van der Waals surface area contributed by atoms with Crippen molar-refractivity contribution in [1.29, 1.82) is 0 Å². The Kier molecular flexibility index (Phi) is 5.81. The monoisotopic (exact) mass is 266 g/mol. The Bertz CT molecular complexity index is 314. The third-order valence-electron chi connectivity index (χ3n) is 2.90. The van der Waals surface area contributed by atoms with Crippen LogP contribution in [0.5, 0.6) is 0 Å².